The molecule has 1 rings (SSSR count). The quantitative estimate of drug-likeness (QED) is 0.462. The van der Waals surface area contributed by atoms with Crippen LogP contribution in [0.15, 0.2) is 36.4 Å². The van der Waals surface area contributed by atoms with Crippen molar-refractivity contribution in [2.45, 2.75) is 6.92 Å². The number of carbonyl (C=O) groups is 1. The zero-order valence-corrected chi connectivity index (χ0v) is 6.45. The van der Waals surface area contributed by atoms with Crippen LogP contribution in [0.1, 0.15) is 12.5 Å². The lowest BCUT2D eigenvalue weighted by Gasteiger charge is -1.96. The Hall–Kier alpha value is -1.37. The summed E-state index contributed by atoms with van der Waals surface area (Å²) in [5.74, 6) is 0. The predicted molar refractivity (Wildman–Crippen MR) is 46.2 cm³/mol. The van der Waals surface area contributed by atoms with E-state index in [2.05, 4.69) is 0 Å². The smallest absolute Gasteiger partial charge is 0.150 e. The minimum Gasteiger partial charge on any atom is -0.298 e. The lowest BCUT2D eigenvalue weighted by atomic mass is 10.1. The van der Waals surface area contributed by atoms with Crippen LogP contribution in [0.3, 0.4) is 0 Å². The SMILES string of the molecule is C/C=C(\C=O)c1ccccc1. The van der Waals surface area contributed by atoms with Crippen LogP contribution in [0.4, 0.5) is 0 Å². The Bertz CT molecular complexity index is 259. The maximum atomic E-state index is 10.5. The van der Waals surface area contributed by atoms with E-state index in [1.165, 1.54) is 0 Å². The summed E-state index contributed by atoms with van der Waals surface area (Å²) < 4.78 is 0. The molecule has 0 saturated carbocycles. The topological polar surface area (TPSA) is 17.1 Å². The molecule has 0 fully saturated rings. The van der Waals surface area contributed by atoms with Crippen LogP contribution in [-0.2, 0) is 4.79 Å². The molecule has 0 radical (unpaired) electrons. The molecule has 0 amide bonds. The van der Waals surface area contributed by atoms with Crippen LogP contribution in [0.25, 0.3) is 5.57 Å². The standard InChI is InChI=1S/C10H10O/c1-2-9(8-11)10-6-4-3-5-7-10/h2-8H,1H3/b9-2+. The van der Waals surface area contributed by atoms with Gasteiger partial charge in [0, 0.05) is 5.57 Å². The first-order valence-electron chi connectivity index (χ1n) is 3.55. The minimum absolute atomic E-state index is 0.741. The normalized spacial score (nSPS) is 11.2. The first kappa shape index (κ1) is 7.73. The molecular weight excluding hydrogens is 136 g/mol. The highest BCUT2D eigenvalue weighted by Gasteiger charge is 1.94. The van der Waals surface area contributed by atoms with Crippen molar-refractivity contribution < 1.29 is 4.79 Å². The highest BCUT2D eigenvalue weighted by atomic mass is 16.1. The Morgan fingerprint density at radius 3 is 2.36 bits per heavy atom. The van der Waals surface area contributed by atoms with E-state index in [0.717, 1.165) is 17.4 Å². The third-order valence-electron chi connectivity index (χ3n) is 1.55. The van der Waals surface area contributed by atoms with Gasteiger partial charge in [-0.25, -0.2) is 0 Å². The van der Waals surface area contributed by atoms with Gasteiger partial charge < -0.3 is 0 Å². The number of carbonyl (C=O) groups excluding carboxylic acids is 1. The van der Waals surface area contributed by atoms with Gasteiger partial charge in [0.15, 0.2) is 0 Å². The zero-order chi connectivity index (χ0) is 8.10. The molecule has 1 nitrogen and oxygen atoms in total. The van der Waals surface area contributed by atoms with Gasteiger partial charge in [0.25, 0.3) is 0 Å². The molecule has 0 unspecified atom stereocenters. The molecule has 1 aromatic rings. The van der Waals surface area contributed by atoms with E-state index in [0.29, 0.717) is 0 Å². The lowest BCUT2D eigenvalue weighted by molar-refractivity contribution is -0.103. The van der Waals surface area contributed by atoms with Crippen LogP contribution in [0, 0.1) is 0 Å². The summed E-state index contributed by atoms with van der Waals surface area (Å²) in [6, 6.07) is 9.61. The monoisotopic (exact) mass is 146 g/mol. The second-order valence-corrected chi connectivity index (χ2v) is 2.23. The Morgan fingerprint density at radius 1 is 1.27 bits per heavy atom. The molecule has 0 heterocycles. The van der Waals surface area contributed by atoms with E-state index in [9.17, 15) is 4.79 Å². The van der Waals surface area contributed by atoms with Gasteiger partial charge in [0.1, 0.15) is 6.29 Å². The fraction of sp³-hybridized carbons (Fsp3) is 0.100. The van der Waals surface area contributed by atoms with E-state index >= 15 is 0 Å². The van der Waals surface area contributed by atoms with Crippen molar-refractivity contribution >= 4 is 11.9 Å². The van der Waals surface area contributed by atoms with Gasteiger partial charge in [-0.2, -0.15) is 0 Å². The minimum atomic E-state index is 0.741. The molecule has 1 aromatic carbocycles. The number of benzene rings is 1. The van der Waals surface area contributed by atoms with Crippen molar-refractivity contribution in [2.75, 3.05) is 0 Å². The molecule has 0 spiro atoms. The Morgan fingerprint density at radius 2 is 1.91 bits per heavy atom. The fourth-order valence-electron chi connectivity index (χ4n) is 0.933. The molecule has 0 aromatic heterocycles. The van der Waals surface area contributed by atoms with E-state index in [4.69, 9.17) is 0 Å². The predicted octanol–water partition coefficient (Wildman–Crippen LogP) is 2.29. The molecule has 11 heavy (non-hydrogen) atoms. The van der Waals surface area contributed by atoms with Gasteiger partial charge in [0.2, 0.25) is 0 Å². The summed E-state index contributed by atoms with van der Waals surface area (Å²) in [6.45, 7) is 1.86. The van der Waals surface area contributed by atoms with E-state index in [1.807, 2.05) is 43.3 Å². The molecule has 0 aliphatic rings. The molecule has 0 aliphatic carbocycles. The summed E-state index contributed by atoms with van der Waals surface area (Å²) >= 11 is 0. The van der Waals surface area contributed by atoms with Crippen molar-refractivity contribution in [2.24, 2.45) is 0 Å². The van der Waals surface area contributed by atoms with Gasteiger partial charge in [-0.05, 0) is 12.5 Å². The number of rotatable bonds is 2. The van der Waals surface area contributed by atoms with Crippen LogP contribution >= 0.6 is 0 Å². The van der Waals surface area contributed by atoms with Gasteiger partial charge in [-0.3, -0.25) is 4.79 Å². The van der Waals surface area contributed by atoms with Crippen molar-refractivity contribution in [1.29, 1.82) is 0 Å². The molecular formula is C10H10O. The average Bonchev–Trinajstić information content (AvgIpc) is 2.09. The molecule has 56 valence electrons. The number of hydrogen-bond donors (Lipinski definition) is 0. The summed E-state index contributed by atoms with van der Waals surface area (Å²) in [7, 11) is 0. The highest BCUT2D eigenvalue weighted by Crippen LogP contribution is 2.09. The molecule has 0 atom stereocenters. The average molecular weight is 146 g/mol. The van der Waals surface area contributed by atoms with E-state index < -0.39 is 0 Å². The maximum Gasteiger partial charge on any atom is 0.150 e. The number of allylic oxidation sites excluding steroid dienone is 2. The summed E-state index contributed by atoms with van der Waals surface area (Å²) in [5, 5.41) is 0. The lowest BCUT2D eigenvalue weighted by Crippen LogP contribution is -1.82. The van der Waals surface area contributed by atoms with Crippen molar-refractivity contribution in [1.82, 2.24) is 0 Å². The van der Waals surface area contributed by atoms with E-state index in [1.54, 1.807) is 0 Å². The zero-order valence-electron chi connectivity index (χ0n) is 6.45. The van der Waals surface area contributed by atoms with E-state index in [-0.39, 0.29) is 0 Å². The fourth-order valence-corrected chi connectivity index (χ4v) is 0.933. The van der Waals surface area contributed by atoms with Gasteiger partial charge in [0.05, 0.1) is 0 Å². The van der Waals surface area contributed by atoms with Crippen molar-refractivity contribution in [3.8, 4) is 0 Å². The third kappa shape index (κ3) is 1.77. The van der Waals surface area contributed by atoms with Gasteiger partial charge in [-0.15, -0.1) is 0 Å². The van der Waals surface area contributed by atoms with Crippen LogP contribution in [0.5, 0.6) is 0 Å². The Balaban J connectivity index is 3.01. The second kappa shape index (κ2) is 3.71. The first-order valence-corrected chi connectivity index (χ1v) is 3.55. The molecule has 0 bridgehead atoms. The van der Waals surface area contributed by atoms with Crippen LogP contribution < -0.4 is 0 Å². The summed E-state index contributed by atoms with van der Waals surface area (Å²) in [5.41, 5.74) is 1.72. The highest BCUT2D eigenvalue weighted by molar-refractivity contribution is 6.06. The molecule has 1 heteroatoms. The first-order chi connectivity index (χ1) is 5.38. The molecule has 0 saturated heterocycles. The Labute approximate surface area is 66.4 Å². The third-order valence-corrected chi connectivity index (χ3v) is 1.55. The van der Waals surface area contributed by atoms with Gasteiger partial charge in [-0.1, -0.05) is 36.4 Å². The number of aldehydes is 1. The van der Waals surface area contributed by atoms with Crippen molar-refractivity contribution in [3.63, 3.8) is 0 Å². The van der Waals surface area contributed by atoms with Gasteiger partial charge >= 0.3 is 0 Å². The largest absolute Gasteiger partial charge is 0.298 e. The van der Waals surface area contributed by atoms with Crippen molar-refractivity contribution in [3.05, 3.63) is 42.0 Å². The summed E-state index contributed by atoms with van der Waals surface area (Å²) in [6.07, 6.45) is 2.68. The number of hydrogen-bond acceptors (Lipinski definition) is 1. The van der Waals surface area contributed by atoms with Crippen LogP contribution in [0.2, 0.25) is 0 Å². The molecule has 0 N–H and O–H groups in total. The maximum absolute atomic E-state index is 10.5. The van der Waals surface area contributed by atoms with Crippen LogP contribution in [-0.4, -0.2) is 6.29 Å². The summed E-state index contributed by atoms with van der Waals surface area (Å²) in [4.78, 5) is 10.5. The molecule has 0 aliphatic heterocycles. The Kier molecular flexibility index (Phi) is 2.61. The second-order valence-electron chi connectivity index (χ2n) is 2.23.